The molecule has 1 aromatic heterocycles. The second-order valence-electron chi connectivity index (χ2n) is 6.21. The molecule has 1 atom stereocenters. The van der Waals surface area contributed by atoms with Crippen molar-refractivity contribution in [2.45, 2.75) is 26.3 Å². The molecule has 28 heavy (non-hydrogen) atoms. The lowest BCUT2D eigenvalue weighted by molar-refractivity contribution is -0.119. The average Bonchev–Trinajstić information content (AvgIpc) is 2.72. The summed E-state index contributed by atoms with van der Waals surface area (Å²) in [7, 11) is 0. The number of carbonyl (C=O) groups excluding carboxylic acids is 1. The maximum Gasteiger partial charge on any atom is 0.267 e. The molecule has 1 N–H and O–H groups in total. The topological polar surface area (TPSA) is 73.2 Å². The van der Waals surface area contributed by atoms with Gasteiger partial charge in [0.05, 0.1) is 18.0 Å². The lowest BCUT2D eigenvalue weighted by atomic mass is 10.1. The van der Waals surface area contributed by atoms with Crippen LogP contribution in [0.25, 0.3) is 11.3 Å². The summed E-state index contributed by atoms with van der Waals surface area (Å²) in [5.41, 5.74) is 1.77. The van der Waals surface area contributed by atoms with E-state index < -0.39 is 6.04 Å². The molecule has 6 heteroatoms. The standard InChI is InChI=1S/C22H23N3O3/c1-3-19(22(27)23-18-12-8-9-13-20(18)28-4-2)25-21(26)15-14-17(24-25)16-10-6-5-7-11-16/h5-15,19H,3-4H2,1-2H3,(H,23,27). The van der Waals surface area contributed by atoms with Crippen LogP contribution in [-0.4, -0.2) is 22.3 Å². The van der Waals surface area contributed by atoms with Crippen LogP contribution in [-0.2, 0) is 4.79 Å². The molecule has 6 nitrogen and oxygen atoms in total. The second-order valence-corrected chi connectivity index (χ2v) is 6.21. The van der Waals surface area contributed by atoms with Gasteiger partial charge in [0, 0.05) is 11.6 Å². The Morgan fingerprint density at radius 2 is 1.75 bits per heavy atom. The van der Waals surface area contributed by atoms with Crippen molar-refractivity contribution in [1.82, 2.24) is 9.78 Å². The smallest absolute Gasteiger partial charge is 0.267 e. The quantitative estimate of drug-likeness (QED) is 0.678. The van der Waals surface area contributed by atoms with Gasteiger partial charge in [-0.25, -0.2) is 4.68 Å². The number of aromatic nitrogens is 2. The van der Waals surface area contributed by atoms with Crippen LogP contribution >= 0.6 is 0 Å². The van der Waals surface area contributed by atoms with E-state index in [1.54, 1.807) is 18.2 Å². The van der Waals surface area contributed by atoms with Crippen molar-refractivity contribution in [3.8, 4) is 17.0 Å². The number of para-hydroxylation sites is 2. The molecule has 0 saturated carbocycles. The van der Waals surface area contributed by atoms with Crippen LogP contribution in [0.15, 0.2) is 71.5 Å². The number of amides is 1. The van der Waals surface area contributed by atoms with Crippen molar-refractivity contribution in [3.05, 3.63) is 77.1 Å². The summed E-state index contributed by atoms with van der Waals surface area (Å²) in [6.45, 7) is 4.22. The Labute approximate surface area is 163 Å². The highest BCUT2D eigenvalue weighted by Gasteiger charge is 2.22. The van der Waals surface area contributed by atoms with Crippen LogP contribution in [0.4, 0.5) is 5.69 Å². The zero-order valence-electron chi connectivity index (χ0n) is 16.0. The van der Waals surface area contributed by atoms with Crippen LogP contribution < -0.4 is 15.6 Å². The number of hydrogen-bond donors (Lipinski definition) is 1. The minimum absolute atomic E-state index is 0.311. The van der Waals surface area contributed by atoms with Crippen LogP contribution in [0.5, 0.6) is 5.75 Å². The summed E-state index contributed by atoms with van der Waals surface area (Å²) >= 11 is 0. The van der Waals surface area contributed by atoms with E-state index in [0.29, 0.717) is 30.2 Å². The van der Waals surface area contributed by atoms with Gasteiger partial charge in [0.25, 0.3) is 5.56 Å². The van der Waals surface area contributed by atoms with Crippen LogP contribution in [0.3, 0.4) is 0 Å². The molecular weight excluding hydrogens is 354 g/mol. The summed E-state index contributed by atoms with van der Waals surface area (Å²) in [5.74, 6) is 0.279. The van der Waals surface area contributed by atoms with Crippen molar-refractivity contribution < 1.29 is 9.53 Å². The third-order valence-corrected chi connectivity index (χ3v) is 4.32. The summed E-state index contributed by atoms with van der Waals surface area (Å²) in [5, 5.41) is 7.31. The number of nitrogens with zero attached hydrogens (tertiary/aromatic N) is 2. The normalized spacial score (nSPS) is 11.6. The molecule has 0 radical (unpaired) electrons. The average molecular weight is 377 g/mol. The van der Waals surface area contributed by atoms with Crippen molar-refractivity contribution in [3.63, 3.8) is 0 Å². The first-order valence-electron chi connectivity index (χ1n) is 9.32. The third kappa shape index (κ3) is 4.28. The second kappa shape index (κ2) is 8.99. The van der Waals surface area contributed by atoms with Crippen molar-refractivity contribution in [2.24, 2.45) is 0 Å². The molecule has 1 amide bonds. The molecule has 0 saturated heterocycles. The molecule has 2 aromatic carbocycles. The van der Waals surface area contributed by atoms with E-state index in [-0.39, 0.29) is 11.5 Å². The maximum atomic E-state index is 12.9. The SMILES string of the molecule is CCOc1ccccc1NC(=O)C(CC)n1nc(-c2ccccc2)ccc1=O. The first-order chi connectivity index (χ1) is 13.6. The predicted molar refractivity (Wildman–Crippen MR) is 110 cm³/mol. The molecule has 0 fully saturated rings. The number of nitrogens with one attached hydrogen (secondary N) is 1. The largest absolute Gasteiger partial charge is 0.492 e. The van der Waals surface area contributed by atoms with E-state index in [2.05, 4.69) is 10.4 Å². The maximum absolute atomic E-state index is 12.9. The highest BCUT2D eigenvalue weighted by atomic mass is 16.5. The monoisotopic (exact) mass is 377 g/mol. The van der Waals surface area contributed by atoms with E-state index in [4.69, 9.17) is 4.74 Å². The van der Waals surface area contributed by atoms with Gasteiger partial charge in [-0.2, -0.15) is 5.10 Å². The van der Waals surface area contributed by atoms with Gasteiger partial charge < -0.3 is 10.1 Å². The summed E-state index contributed by atoms with van der Waals surface area (Å²) in [6.07, 6.45) is 0.424. The zero-order chi connectivity index (χ0) is 19.9. The molecule has 0 spiro atoms. The van der Waals surface area contributed by atoms with Crippen LogP contribution in [0, 0.1) is 0 Å². The van der Waals surface area contributed by atoms with E-state index >= 15 is 0 Å². The lowest BCUT2D eigenvalue weighted by Gasteiger charge is -2.18. The Kier molecular flexibility index (Phi) is 6.22. The summed E-state index contributed by atoms with van der Waals surface area (Å²) in [4.78, 5) is 25.4. The molecule has 0 aliphatic rings. The molecule has 0 aliphatic heterocycles. The number of carbonyl (C=O) groups is 1. The van der Waals surface area contributed by atoms with E-state index in [1.165, 1.54) is 10.7 Å². The highest BCUT2D eigenvalue weighted by molar-refractivity contribution is 5.95. The molecule has 1 heterocycles. The summed E-state index contributed by atoms with van der Waals surface area (Å²) < 4.78 is 6.81. The van der Waals surface area contributed by atoms with Gasteiger partial charge in [-0.05, 0) is 31.5 Å². The molecular formula is C22H23N3O3. The van der Waals surface area contributed by atoms with Gasteiger partial charge in [-0.15, -0.1) is 0 Å². The number of hydrogen-bond acceptors (Lipinski definition) is 4. The number of anilines is 1. The van der Waals surface area contributed by atoms with E-state index in [9.17, 15) is 9.59 Å². The van der Waals surface area contributed by atoms with Crippen molar-refractivity contribution >= 4 is 11.6 Å². The van der Waals surface area contributed by atoms with Gasteiger partial charge in [0.2, 0.25) is 5.91 Å². The van der Waals surface area contributed by atoms with Gasteiger partial charge in [0.1, 0.15) is 11.8 Å². The van der Waals surface area contributed by atoms with Crippen LogP contribution in [0.1, 0.15) is 26.3 Å². The Hall–Kier alpha value is -3.41. The number of benzene rings is 2. The molecule has 3 aromatic rings. The first kappa shape index (κ1) is 19.4. The number of ether oxygens (including phenoxy) is 1. The molecule has 0 aliphatic carbocycles. The predicted octanol–water partition coefficient (Wildman–Crippen LogP) is 3.90. The Morgan fingerprint density at radius 1 is 1.04 bits per heavy atom. The number of rotatable bonds is 7. The van der Waals surface area contributed by atoms with Gasteiger partial charge >= 0.3 is 0 Å². The van der Waals surface area contributed by atoms with Gasteiger partial charge in [-0.1, -0.05) is 49.4 Å². The summed E-state index contributed by atoms with van der Waals surface area (Å²) in [6, 6.07) is 19.2. The van der Waals surface area contributed by atoms with E-state index in [1.807, 2.05) is 56.3 Å². The fourth-order valence-corrected chi connectivity index (χ4v) is 2.95. The fourth-order valence-electron chi connectivity index (χ4n) is 2.95. The van der Waals surface area contributed by atoms with Crippen molar-refractivity contribution in [1.29, 1.82) is 0 Å². The Balaban J connectivity index is 1.91. The lowest BCUT2D eigenvalue weighted by Crippen LogP contribution is -2.34. The molecule has 3 rings (SSSR count). The van der Waals surface area contributed by atoms with Gasteiger partial charge in [-0.3, -0.25) is 9.59 Å². The highest BCUT2D eigenvalue weighted by Crippen LogP contribution is 2.25. The van der Waals surface area contributed by atoms with Crippen molar-refractivity contribution in [2.75, 3.05) is 11.9 Å². The molecule has 0 bridgehead atoms. The van der Waals surface area contributed by atoms with Gasteiger partial charge in [0.15, 0.2) is 0 Å². The molecule has 144 valence electrons. The minimum atomic E-state index is -0.731. The Bertz CT molecular complexity index is 999. The van der Waals surface area contributed by atoms with Crippen LogP contribution in [0.2, 0.25) is 0 Å². The van der Waals surface area contributed by atoms with E-state index in [0.717, 1.165) is 5.56 Å². The zero-order valence-corrected chi connectivity index (χ0v) is 16.0. The molecule has 1 unspecified atom stereocenters. The minimum Gasteiger partial charge on any atom is -0.492 e. The third-order valence-electron chi connectivity index (χ3n) is 4.32. The Morgan fingerprint density at radius 3 is 2.46 bits per heavy atom. The first-order valence-corrected chi connectivity index (χ1v) is 9.32. The fraction of sp³-hybridized carbons (Fsp3) is 0.227.